The lowest BCUT2D eigenvalue weighted by molar-refractivity contribution is 0.312. The zero-order valence-electron chi connectivity index (χ0n) is 12.3. The lowest BCUT2D eigenvalue weighted by Crippen LogP contribution is -2.30. The fourth-order valence-corrected chi connectivity index (χ4v) is 3.47. The third kappa shape index (κ3) is 2.46. The third-order valence-corrected chi connectivity index (χ3v) is 4.66. The molecule has 1 aromatic rings. The second-order valence-corrected chi connectivity index (χ2v) is 6.62. The van der Waals surface area contributed by atoms with Gasteiger partial charge in [-0.25, -0.2) is 9.97 Å². The van der Waals surface area contributed by atoms with E-state index < -0.39 is 0 Å². The van der Waals surface area contributed by atoms with Crippen LogP contribution in [0.5, 0.6) is 0 Å². The van der Waals surface area contributed by atoms with Crippen molar-refractivity contribution in [1.29, 1.82) is 0 Å². The first-order valence-corrected chi connectivity index (χ1v) is 7.33. The van der Waals surface area contributed by atoms with E-state index in [0.29, 0.717) is 11.3 Å². The Morgan fingerprint density at radius 1 is 1.16 bits per heavy atom. The molecule has 2 aliphatic rings. The Hall–Kier alpha value is -1.16. The van der Waals surface area contributed by atoms with Crippen LogP contribution < -0.4 is 4.90 Å². The Morgan fingerprint density at radius 3 is 2.63 bits per heavy atom. The average molecular weight is 260 g/mol. The molecule has 0 aliphatic carbocycles. The van der Waals surface area contributed by atoms with Gasteiger partial charge in [0.25, 0.3) is 0 Å². The van der Waals surface area contributed by atoms with E-state index in [1.165, 1.54) is 25.9 Å². The van der Waals surface area contributed by atoms with Crippen molar-refractivity contribution in [2.75, 3.05) is 38.1 Å². The van der Waals surface area contributed by atoms with E-state index in [-0.39, 0.29) is 0 Å². The quantitative estimate of drug-likeness (QED) is 0.815. The molecular weight excluding hydrogens is 236 g/mol. The van der Waals surface area contributed by atoms with Gasteiger partial charge in [-0.2, -0.15) is 0 Å². The van der Waals surface area contributed by atoms with Crippen LogP contribution in [-0.4, -0.2) is 48.1 Å². The van der Waals surface area contributed by atoms with Gasteiger partial charge in [0.15, 0.2) is 0 Å². The molecule has 3 heterocycles. The molecule has 104 valence electrons. The number of anilines is 1. The molecule has 1 spiro atoms. The highest BCUT2D eigenvalue weighted by Gasteiger charge is 2.42. The normalized spacial score (nSPS) is 27.9. The maximum atomic E-state index is 4.48. The van der Waals surface area contributed by atoms with Crippen molar-refractivity contribution in [2.24, 2.45) is 5.41 Å². The molecule has 0 radical (unpaired) electrons. The number of nitrogens with zero attached hydrogens (tertiary/aromatic N) is 4. The van der Waals surface area contributed by atoms with E-state index in [0.717, 1.165) is 24.6 Å². The van der Waals surface area contributed by atoms with Gasteiger partial charge in [-0.1, -0.05) is 13.8 Å². The van der Waals surface area contributed by atoms with E-state index >= 15 is 0 Å². The van der Waals surface area contributed by atoms with Crippen molar-refractivity contribution < 1.29 is 0 Å². The summed E-state index contributed by atoms with van der Waals surface area (Å²) in [7, 11) is 2.24. The second kappa shape index (κ2) is 4.75. The first-order chi connectivity index (χ1) is 9.08. The van der Waals surface area contributed by atoms with Crippen molar-refractivity contribution in [3.05, 3.63) is 18.1 Å². The molecule has 19 heavy (non-hydrogen) atoms. The molecule has 0 amide bonds. The number of hydrogen-bond donors (Lipinski definition) is 0. The molecule has 4 nitrogen and oxygen atoms in total. The molecule has 2 saturated heterocycles. The highest BCUT2D eigenvalue weighted by molar-refractivity contribution is 5.41. The molecule has 2 fully saturated rings. The summed E-state index contributed by atoms with van der Waals surface area (Å²) in [6.45, 7) is 9.15. The Bertz CT molecular complexity index is 459. The molecule has 3 rings (SSSR count). The summed E-state index contributed by atoms with van der Waals surface area (Å²) in [5.74, 6) is 1.58. The summed E-state index contributed by atoms with van der Waals surface area (Å²) in [4.78, 5) is 13.8. The largest absolute Gasteiger partial charge is 0.356 e. The Morgan fingerprint density at radius 2 is 1.95 bits per heavy atom. The number of aromatic nitrogens is 2. The smallest absolute Gasteiger partial charge is 0.132 e. The minimum Gasteiger partial charge on any atom is -0.356 e. The van der Waals surface area contributed by atoms with Crippen molar-refractivity contribution in [1.82, 2.24) is 14.9 Å². The van der Waals surface area contributed by atoms with Crippen molar-refractivity contribution in [3.63, 3.8) is 0 Å². The fourth-order valence-electron chi connectivity index (χ4n) is 3.47. The molecule has 1 aromatic heterocycles. The van der Waals surface area contributed by atoms with Gasteiger partial charge in [0.2, 0.25) is 0 Å². The van der Waals surface area contributed by atoms with E-state index in [2.05, 4.69) is 46.7 Å². The average Bonchev–Trinajstić information content (AvgIpc) is 2.97. The van der Waals surface area contributed by atoms with Crippen LogP contribution >= 0.6 is 0 Å². The lowest BCUT2D eigenvalue weighted by Gasteiger charge is -2.24. The standard InChI is InChI=1S/C15H24N4/c1-12(2)13-8-14(17-11-16-13)19-7-5-15(10-19)4-6-18(3)9-15/h8,11-12H,4-7,9-10H2,1-3H3. The van der Waals surface area contributed by atoms with Crippen molar-refractivity contribution in [3.8, 4) is 0 Å². The predicted molar refractivity (Wildman–Crippen MR) is 77.5 cm³/mol. The molecule has 0 bridgehead atoms. The molecule has 1 atom stereocenters. The second-order valence-electron chi connectivity index (χ2n) is 6.62. The van der Waals surface area contributed by atoms with Gasteiger partial charge in [-0.15, -0.1) is 0 Å². The van der Waals surface area contributed by atoms with Gasteiger partial charge in [-0.3, -0.25) is 0 Å². The van der Waals surface area contributed by atoms with E-state index in [9.17, 15) is 0 Å². The predicted octanol–water partition coefficient (Wildman–Crippen LogP) is 2.13. The zero-order chi connectivity index (χ0) is 13.5. The van der Waals surface area contributed by atoms with E-state index in [1.54, 1.807) is 6.33 Å². The van der Waals surface area contributed by atoms with Crippen LogP contribution in [0.1, 0.15) is 38.3 Å². The summed E-state index contributed by atoms with van der Waals surface area (Å²) in [5, 5.41) is 0. The highest BCUT2D eigenvalue weighted by Crippen LogP contribution is 2.40. The first-order valence-electron chi connectivity index (χ1n) is 7.33. The Balaban J connectivity index is 1.76. The lowest BCUT2D eigenvalue weighted by atomic mass is 9.86. The molecule has 1 unspecified atom stereocenters. The van der Waals surface area contributed by atoms with Crippen LogP contribution in [-0.2, 0) is 0 Å². The van der Waals surface area contributed by atoms with Crippen LogP contribution in [0.4, 0.5) is 5.82 Å². The zero-order valence-corrected chi connectivity index (χ0v) is 12.3. The molecular formula is C15H24N4. The minimum atomic E-state index is 0.468. The summed E-state index contributed by atoms with van der Waals surface area (Å²) < 4.78 is 0. The number of rotatable bonds is 2. The van der Waals surface area contributed by atoms with Gasteiger partial charge >= 0.3 is 0 Å². The van der Waals surface area contributed by atoms with E-state index in [1.807, 2.05) is 0 Å². The van der Waals surface area contributed by atoms with Gasteiger partial charge in [-0.05, 0) is 32.4 Å². The summed E-state index contributed by atoms with van der Waals surface area (Å²) in [5.41, 5.74) is 1.66. The van der Waals surface area contributed by atoms with E-state index in [4.69, 9.17) is 0 Å². The van der Waals surface area contributed by atoms with Crippen molar-refractivity contribution >= 4 is 5.82 Å². The molecule has 0 N–H and O–H groups in total. The molecule has 0 aromatic carbocycles. The van der Waals surface area contributed by atoms with Crippen LogP contribution in [0, 0.1) is 5.41 Å². The summed E-state index contributed by atoms with van der Waals surface area (Å²) in [6, 6.07) is 2.17. The van der Waals surface area contributed by atoms with Crippen molar-refractivity contribution in [2.45, 2.75) is 32.6 Å². The number of likely N-dealkylation sites (tertiary alicyclic amines) is 1. The van der Waals surface area contributed by atoms with Crippen LogP contribution in [0.2, 0.25) is 0 Å². The van der Waals surface area contributed by atoms with Gasteiger partial charge in [0, 0.05) is 36.8 Å². The highest BCUT2D eigenvalue weighted by atomic mass is 15.2. The SMILES string of the molecule is CC(C)c1cc(N2CCC3(CCN(C)C3)C2)ncn1. The maximum absolute atomic E-state index is 4.48. The third-order valence-electron chi connectivity index (χ3n) is 4.66. The first kappa shape index (κ1) is 12.9. The topological polar surface area (TPSA) is 32.3 Å². The van der Waals surface area contributed by atoms with Gasteiger partial charge < -0.3 is 9.80 Å². The molecule has 4 heteroatoms. The summed E-state index contributed by atoms with van der Waals surface area (Å²) in [6.07, 6.45) is 4.36. The number of hydrogen-bond acceptors (Lipinski definition) is 4. The van der Waals surface area contributed by atoms with Crippen LogP contribution in [0.25, 0.3) is 0 Å². The van der Waals surface area contributed by atoms with Gasteiger partial charge in [0.05, 0.1) is 0 Å². The summed E-state index contributed by atoms with van der Waals surface area (Å²) >= 11 is 0. The molecule has 2 aliphatic heterocycles. The van der Waals surface area contributed by atoms with Crippen LogP contribution in [0.15, 0.2) is 12.4 Å². The monoisotopic (exact) mass is 260 g/mol. The minimum absolute atomic E-state index is 0.468. The van der Waals surface area contributed by atoms with Gasteiger partial charge in [0.1, 0.15) is 12.1 Å². The van der Waals surface area contributed by atoms with Crippen LogP contribution in [0.3, 0.4) is 0 Å². The maximum Gasteiger partial charge on any atom is 0.132 e. The molecule has 0 saturated carbocycles. The Kier molecular flexibility index (Phi) is 3.21. The Labute approximate surface area is 115 Å². The fraction of sp³-hybridized carbons (Fsp3) is 0.733.